The number of esters is 1. The Bertz CT molecular complexity index is 332. The van der Waals surface area contributed by atoms with Gasteiger partial charge in [-0.15, -0.1) is 12.4 Å². The molecule has 24 heavy (non-hydrogen) atoms. The summed E-state index contributed by atoms with van der Waals surface area (Å²) in [5.41, 5.74) is 6.14. The highest BCUT2D eigenvalue weighted by molar-refractivity contribution is 5.85. The van der Waals surface area contributed by atoms with Crippen molar-refractivity contribution in [3.05, 3.63) is 0 Å². The minimum atomic E-state index is -0.717. The summed E-state index contributed by atoms with van der Waals surface area (Å²) in [6, 6.07) is 0. The number of carbonyl (C=O) groups excluding carboxylic acids is 1. The monoisotopic (exact) mass is 359 g/mol. The molecule has 0 aromatic carbocycles. The lowest BCUT2D eigenvalue weighted by Gasteiger charge is -2.44. The smallest absolute Gasteiger partial charge is 0.326 e. The van der Waals surface area contributed by atoms with Crippen LogP contribution in [0, 0.1) is 11.8 Å². The zero-order chi connectivity index (χ0) is 16.5. The van der Waals surface area contributed by atoms with Gasteiger partial charge in [-0.2, -0.15) is 0 Å². The first-order valence-electron chi connectivity index (χ1n) is 10.2. The number of carbonyl (C=O) groups is 1. The summed E-state index contributed by atoms with van der Waals surface area (Å²) < 4.78 is 5.70. The van der Waals surface area contributed by atoms with Gasteiger partial charge in [0, 0.05) is 0 Å². The Morgan fingerprint density at radius 1 is 0.917 bits per heavy atom. The van der Waals surface area contributed by atoms with Gasteiger partial charge in [-0.25, -0.2) is 0 Å². The van der Waals surface area contributed by atoms with Gasteiger partial charge in [-0.1, -0.05) is 64.7 Å². The lowest BCUT2D eigenvalue weighted by Crippen LogP contribution is -2.61. The van der Waals surface area contributed by atoms with Crippen LogP contribution >= 0.6 is 12.4 Å². The molecule has 0 spiro atoms. The number of halogens is 1. The quantitative estimate of drug-likeness (QED) is 0.467. The molecule has 2 aliphatic rings. The molecule has 0 heterocycles. The van der Waals surface area contributed by atoms with Gasteiger partial charge in [-0.05, 0) is 43.9 Å². The van der Waals surface area contributed by atoms with E-state index in [4.69, 9.17) is 10.5 Å². The zero-order valence-electron chi connectivity index (χ0n) is 15.6. The van der Waals surface area contributed by atoms with Crippen molar-refractivity contribution in [2.24, 2.45) is 17.6 Å². The molecule has 0 aliphatic heterocycles. The predicted molar refractivity (Wildman–Crippen MR) is 102 cm³/mol. The molecular formula is C20H38ClNO2. The molecule has 3 nitrogen and oxygen atoms in total. The van der Waals surface area contributed by atoms with Gasteiger partial charge in [0.1, 0.15) is 5.54 Å². The minimum Gasteiger partial charge on any atom is -0.464 e. The van der Waals surface area contributed by atoms with E-state index in [1.54, 1.807) is 0 Å². The van der Waals surface area contributed by atoms with E-state index in [-0.39, 0.29) is 18.4 Å². The first-order chi connectivity index (χ1) is 11.2. The molecule has 2 fully saturated rings. The molecule has 2 aliphatic carbocycles. The van der Waals surface area contributed by atoms with Gasteiger partial charge in [0.15, 0.2) is 0 Å². The fourth-order valence-electron chi connectivity index (χ4n) is 4.65. The van der Waals surface area contributed by atoms with Crippen LogP contribution in [0.1, 0.15) is 96.8 Å². The Balaban J connectivity index is 0.00000288. The topological polar surface area (TPSA) is 52.3 Å². The van der Waals surface area contributed by atoms with Crippen LogP contribution in [0.2, 0.25) is 0 Å². The number of hydrogen-bond donors (Lipinski definition) is 1. The van der Waals surface area contributed by atoms with Crippen LogP contribution < -0.4 is 5.73 Å². The molecule has 4 heteroatoms. The number of rotatable bonds is 8. The lowest BCUT2D eigenvalue weighted by molar-refractivity contribution is -0.157. The SMILES string of the molecule is CCCCCCOC(=O)C(N)(C1CCCCC1)C1CCCCC1.Cl. The average molecular weight is 360 g/mol. The maximum Gasteiger partial charge on any atom is 0.326 e. The van der Waals surface area contributed by atoms with Crippen molar-refractivity contribution in [2.45, 2.75) is 102 Å². The fourth-order valence-corrected chi connectivity index (χ4v) is 4.65. The van der Waals surface area contributed by atoms with Crippen molar-refractivity contribution in [1.82, 2.24) is 0 Å². The second kappa shape index (κ2) is 11.4. The van der Waals surface area contributed by atoms with Crippen LogP contribution in [-0.2, 0) is 9.53 Å². The van der Waals surface area contributed by atoms with Crippen molar-refractivity contribution in [3.8, 4) is 0 Å². The number of nitrogens with two attached hydrogens (primary N) is 1. The predicted octanol–water partition coefficient (Wildman–Crippen LogP) is 5.39. The number of hydrogen-bond acceptors (Lipinski definition) is 3. The molecule has 0 atom stereocenters. The first kappa shape index (κ1) is 21.8. The molecule has 2 rings (SSSR count). The molecular weight excluding hydrogens is 322 g/mol. The maximum absolute atomic E-state index is 12.9. The van der Waals surface area contributed by atoms with Crippen molar-refractivity contribution in [3.63, 3.8) is 0 Å². The molecule has 142 valence electrons. The van der Waals surface area contributed by atoms with E-state index < -0.39 is 5.54 Å². The largest absolute Gasteiger partial charge is 0.464 e. The standard InChI is InChI=1S/C20H37NO2.ClH/c1-2-3-4-11-16-23-19(22)20(21,17-12-7-5-8-13-17)18-14-9-6-10-15-18;/h17-18H,2-16,21H2,1H3;1H. The van der Waals surface area contributed by atoms with Crippen molar-refractivity contribution in [1.29, 1.82) is 0 Å². The zero-order valence-corrected chi connectivity index (χ0v) is 16.4. The summed E-state index contributed by atoms with van der Waals surface area (Å²) >= 11 is 0. The van der Waals surface area contributed by atoms with Crippen LogP contribution in [0.15, 0.2) is 0 Å². The van der Waals surface area contributed by atoms with Crippen molar-refractivity contribution < 1.29 is 9.53 Å². The molecule has 0 amide bonds. The average Bonchev–Trinajstić information content (AvgIpc) is 2.62. The van der Waals surface area contributed by atoms with Crippen LogP contribution in [0.5, 0.6) is 0 Å². The minimum absolute atomic E-state index is 0. The van der Waals surface area contributed by atoms with E-state index in [0.29, 0.717) is 18.4 Å². The summed E-state index contributed by atoms with van der Waals surface area (Å²) in [5.74, 6) is 0.581. The molecule has 2 saturated carbocycles. The Morgan fingerprint density at radius 2 is 1.42 bits per heavy atom. The summed E-state index contributed by atoms with van der Waals surface area (Å²) in [6.45, 7) is 2.75. The van der Waals surface area contributed by atoms with Gasteiger partial charge >= 0.3 is 5.97 Å². The van der Waals surface area contributed by atoms with Gasteiger partial charge in [0.05, 0.1) is 6.61 Å². The van der Waals surface area contributed by atoms with E-state index in [1.165, 1.54) is 51.4 Å². The number of unbranched alkanes of at least 4 members (excludes halogenated alkanes) is 3. The maximum atomic E-state index is 12.9. The Kier molecular flexibility index (Phi) is 10.3. The third-order valence-electron chi connectivity index (χ3n) is 6.15. The van der Waals surface area contributed by atoms with Crippen LogP contribution in [0.3, 0.4) is 0 Å². The van der Waals surface area contributed by atoms with E-state index in [9.17, 15) is 4.79 Å². The van der Waals surface area contributed by atoms with E-state index in [1.807, 2.05) is 0 Å². The van der Waals surface area contributed by atoms with Crippen molar-refractivity contribution in [2.75, 3.05) is 6.61 Å². The summed E-state index contributed by atoms with van der Waals surface area (Å²) in [5, 5.41) is 0. The van der Waals surface area contributed by atoms with Gasteiger partial charge in [0.2, 0.25) is 0 Å². The number of ether oxygens (including phenoxy) is 1. The van der Waals surface area contributed by atoms with Crippen LogP contribution in [0.4, 0.5) is 0 Å². The van der Waals surface area contributed by atoms with Gasteiger partial charge in [0.25, 0.3) is 0 Å². The summed E-state index contributed by atoms with van der Waals surface area (Å²) in [7, 11) is 0. The Labute approximate surface area is 154 Å². The third kappa shape index (κ3) is 5.62. The Hall–Kier alpha value is -0.280. The van der Waals surface area contributed by atoms with E-state index in [2.05, 4.69) is 6.92 Å². The van der Waals surface area contributed by atoms with Crippen LogP contribution in [-0.4, -0.2) is 18.1 Å². The molecule has 2 N–H and O–H groups in total. The van der Waals surface area contributed by atoms with Crippen molar-refractivity contribution >= 4 is 18.4 Å². The molecule has 0 aromatic heterocycles. The van der Waals surface area contributed by atoms with E-state index in [0.717, 1.165) is 38.5 Å². The molecule has 0 bridgehead atoms. The molecule has 0 radical (unpaired) electrons. The summed E-state index contributed by atoms with van der Waals surface area (Å²) in [4.78, 5) is 12.9. The van der Waals surface area contributed by atoms with E-state index >= 15 is 0 Å². The van der Waals surface area contributed by atoms with Crippen LogP contribution in [0.25, 0.3) is 0 Å². The lowest BCUT2D eigenvalue weighted by atomic mass is 9.64. The highest BCUT2D eigenvalue weighted by Gasteiger charge is 2.49. The molecule has 0 saturated heterocycles. The summed E-state index contributed by atoms with van der Waals surface area (Å²) in [6.07, 6.45) is 16.5. The van der Waals surface area contributed by atoms with Gasteiger partial charge in [-0.3, -0.25) is 4.79 Å². The first-order valence-corrected chi connectivity index (χ1v) is 10.2. The molecule has 0 unspecified atom stereocenters. The third-order valence-corrected chi connectivity index (χ3v) is 6.15. The van der Waals surface area contributed by atoms with Gasteiger partial charge < -0.3 is 10.5 Å². The second-order valence-corrected chi connectivity index (χ2v) is 7.80. The normalized spacial score (nSPS) is 20.4. The molecule has 0 aromatic rings. The fraction of sp³-hybridized carbons (Fsp3) is 0.950. The highest BCUT2D eigenvalue weighted by Crippen LogP contribution is 2.42. The Morgan fingerprint density at radius 3 is 1.88 bits per heavy atom. The highest BCUT2D eigenvalue weighted by atomic mass is 35.5. The second-order valence-electron chi connectivity index (χ2n) is 7.80.